The molecule has 2 aliphatic rings. The summed E-state index contributed by atoms with van der Waals surface area (Å²) >= 11 is 1.60. The van der Waals surface area contributed by atoms with E-state index in [9.17, 15) is 9.59 Å². The molecule has 0 bridgehead atoms. The Morgan fingerprint density at radius 2 is 2.24 bits per heavy atom. The average molecular weight is 358 g/mol. The molecule has 1 N–H and O–H groups in total. The van der Waals surface area contributed by atoms with Gasteiger partial charge < -0.3 is 10.2 Å². The molecule has 2 aromatic rings. The quantitative estimate of drug-likeness (QED) is 0.915. The van der Waals surface area contributed by atoms with Crippen molar-refractivity contribution < 1.29 is 9.59 Å². The number of aryl methyl sites for hydroxylation is 1. The molecule has 3 heterocycles. The Morgan fingerprint density at radius 3 is 3.00 bits per heavy atom. The summed E-state index contributed by atoms with van der Waals surface area (Å²) in [7, 11) is 3.74. The molecule has 1 saturated heterocycles. The maximum atomic E-state index is 13.0. The van der Waals surface area contributed by atoms with Gasteiger partial charge in [0.2, 0.25) is 11.8 Å². The number of fused-ring (bicyclic) bond motifs is 1. The molecule has 0 spiro atoms. The summed E-state index contributed by atoms with van der Waals surface area (Å²) in [4.78, 5) is 28.0. The van der Waals surface area contributed by atoms with Crippen LogP contribution in [0.1, 0.15) is 47.5 Å². The van der Waals surface area contributed by atoms with Crippen LogP contribution in [0.3, 0.4) is 0 Å². The number of carbonyl (C=O) groups excluding carboxylic acids is 2. The average Bonchev–Trinajstić information content (AvgIpc) is 3.30. The maximum absolute atomic E-state index is 13.0. The van der Waals surface area contributed by atoms with Crippen LogP contribution in [-0.2, 0) is 23.1 Å². The van der Waals surface area contributed by atoms with Crippen LogP contribution in [0.15, 0.2) is 23.7 Å². The fourth-order valence-corrected chi connectivity index (χ4v) is 5.02. The van der Waals surface area contributed by atoms with E-state index in [4.69, 9.17) is 0 Å². The van der Waals surface area contributed by atoms with E-state index in [1.807, 2.05) is 35.4 Å². The van der Waals surface area contributed by atoms with Gasteiger partial charge in [0, 0.05) is 36.7 Å². The van der Waals surface area contributed by atoms with E-state index in [1.54, 1.807) is 23.3 Å². The molecule has 0 aromatic carbocycles. The number of rotatable bonds is 3. The molecule has 2 aromatic heterocycles. The van der Waals surface area contributed by atoms with Crippen molar-refractivity contribution in [2.45, 2.75) is 37.8 Å². The number of nitrogens with one attached hydrogen (secondary N) is 1. The van der Waals surface area contributed by atoms with Crippen LogP contribution in [0, 0.1) is 5.92 Å². The highest BCUT2D eigenvalue weighted by Crippen LogP contribution is 2.40. The van der Waals surface area contributed by atoms with Gasteiger partial charge in [-0.1, -0.05) is 6.07 Å². The van der Waals surface area contributed by atoms with E-state index < -0.39 is 0 Å². The molecule has 0 unspecified atom stereocenters. The first-order chi connectivity index (χ1) is 12.1. The summed E-state index contributed by atoms with van der Waals surface area (Å²) in [6.07, 6.45) is 5.10. The summed E-state index contributed by atoms with van der Waals surface area (Å²) in [5.41, 5.74) is 2.32. The van der Waals surface area contributed by atoms with Gasteiger partial charge in [0.1, 0.15) is 0 Å². The molecule has 4 rings (SSSR count). The smallest absolute Gasteiger partial charge is 0.226 e. The molecule has 1 aliphatic carbocycles. The second kappa shape index (κ2) is 6.29. The van der Waals surface area contributed by atoms with Gasteiger partial charge in [0.25, 0.3) is 0 Å². The highest BCUT2D eigenvalue weighted by atomic mass is 32.1. The van der Waals surface area contributed by atoms with Crippen LogP contribution in [0.25, 0.3) is 0 Å². The summed E-state index contributed by atoms with van der Waals surface area (Å²) < 4.78 is 1.90. The predicted molar refractivity (Wildman–Crippen MR) is 95.0 cm³/mol. The first-order valence-electron chi connectivity index (χ1n) is 8.66. The molecular formula is C18H22N4O2S. The molecule has 132 valence electrons. The van der Waals surface area contributed by atoms with Crippen molar-refractivity contribution in [3.8, 4) is 0 Å². The molecular weight excluding hydrogens is 336 g/mol. The summed E-state index contributed by atoms with van der Waals surface area (Å²) in [5, 5.41) is 9.52. The lowest BCUT2D eigenvalue weighted by molar-refractivity contribution is -0.128. The summed E-state index contributed by atoms with van der Waals surface area (Å²) in [6.45, 7) is 0. The van der Waals surface area contributed by atoms with E-state index in [0.29, 0.717) is 0 Å². The Hall–Kier alpha value is -2.15. The van der Waals surface area contributed by atoms with Gasteiger partial charge in [-0.3, -0.25) is 14.3 Å². The zero-order valence-electron chi connectivity index (χ0n) is 14.4. The minimum Gasteiger partial charge on any atom is -0.349 e. The van der Waals surface area contributed by atoms with Crippen molar-refractivity contribution in [3.63, 3.8) is 0 Å². The third-order valence-corrected chi connectivity index (χ3v) is 6.39. The van der Waals surface area contributed by atoms with E-state index in [1.165, 1.54) is 5.69 Å². The lowest BCUT2D eigenvalue weighted by Crippen LogP contribution is -2.37. The summed E-state index contributed by atoms with van der Waals surface area (Å²) in [6, 6.07) is 3.80. The molecule has 0 radical (unpaired) electrons. The number of aromatic nitrogens is 2. The molecule has 6 nitrogen and oxygen atoms in total. The van der Waals surface area contributed by atoms with E-state index in [-0.39, 0.29) is 36.2 Å². The van der Waals surface area contributed by atoms with Gasteiger partial charge in [-0.25, -0.2) is 0 Å². The normalized spacial score (nSPS) is 25.9. The van der Waals surface area contributed by atoms with Crippen LogP contribution < -0.4 is 5.32 Å². The van der Waals surface area contributed by atoms with Gasteiger partial charge in [-0.05, 0) is 30.7 Å². The third kappa shape index (κ3) is 2.76. The fraction of sp³-hybridized carbons (Fsp3) is 0.500. The van der Waals surface area contributed by atoms with Crippen molar-refractivity contribution >= 4 is 23.2 Å². The molecule has 0 saturated carbocycles. The molecule has 1 fully saturated rings. The third-order valence-electron chi connectivity index (χ3n) is 5.45. The highest BCUT2D eigenvalue weighted by Gasteiger charge is 2.43. The van der Waals surface area contributed by atoms with Crippen LogP contribution in [0.5, 0.6) is 0 Å². The zero-order valence-corrected chi connectivity index (χ0v) is 15.3. The van der Waals surface area contributed by atoms with Crippen LogP contribution >= 0.6 is 11.3 Å². The second-order valence-corrected chi connectivity index (χ2v) is 7.88. The number of carbonyl (C=O) groups is 2. The Balaban J connectivity index is 1.56. The molecule has 25 heavy (non-hydrogen) atoms. The Labute approximate surface area is 150 Å². The lowest BCUT2D eigenvalue weighted by atomic mass is 9.91. The largest absolute Gasteiger partial charge is 0.349 e. The number of hydrogen-bond acceptors (Lipinski definition) is 4. The standard InChI is InChI=1S/C18H22N4O2S/c1-21-16(23)9-11(17(21)15-7-4-8-25-15)18(24)20-13-5-3-6-14-12(13)10-19-22(14)2/h4,7-8,10-11,13,17H,3,5-6,9H2,1-2H3,(H,20,24)/t11-,13+,17-/m0/s1. The number of likely N-dealkylation sites (tertiary alicyclic amines) is 1. The molecule has 1 aliphatic heterocycles. The minimum absolute atomic E-state index is 0.00468. The topological polar surface area (TPSA) is 67.2 Å². The Bertz CT molecular complexity index is 798. The molecule has 7 heteroatoms. The monoisotopic (exact) mass is 358 g/mol. The Kier molecular flexibility index (Phi) is 4.11. The molecule has 3 atom stereocenters. The van der Waals surface area contributed by atoms with Gasteiger partial charge in [0.05, 0.1) is 24.2 Å². The van der Waals surface area contributed by atoms with Crippen molar-refractivity contribution in [3.05, 3.63) is 39.8 Å². The predicted octanol–water partition coefficient (Wildman–Crippen LogP) is 2.19. The summed E-state index contributed by atoms with van der Waals surface area (Å²) in [5.74, 6) is -0.333. The number of hydrogen-bond donors (Lipinski definition) is 1. The van der Waals surface area contributed by atoms with Gasteiger partial charge in [0.15, 0.2) is 0 Å². The van der Waals surface area contributed by atoms with Crippen molar-refractivity contribution in [2.75, 3.05) is 7.05 Å². The van der Waals surface area contributed by atoms with Crippen LogP contribution in [0.4, 0.5) is 0 Å². The maximum Gasteiger partial charge on any atom is 0.226 e. The van der Waals surface area contributed by atoms with E-state index in [2.05, 4.69) is 10.4 Å². The highest BCUT2D eigenvalue weighted by molar-refractivity contribution is 7.10. The second-order valence-electron chi connectivity index (χ2n) is 6.90. The number of amides is 2. The number of nitrogens with zero attached hydrogens (tertiary/aromatic N) is 3. The lowest BCUT2D eigenvalue weighted by Gasteiger charge is -2.27. The SMILES string of the molecule is CN1C(=O)C[C@H](C(=O)N[C@@H]2CCCc3c2cnn3C)[C@H]1c1cccs1. The van der Waals surface area contributed by atoms with Gasteiger partial charge in [-0.2, -0.15) is 5.10 Å². The minimum atomic E-state index is -0.335. The van der Waals surface area contributed by atoms with Crippen LogP contribution in [-0.4, -0.2) is 33.5 Å². The van der Waals surface area contributed by atoms with Crippen molar-refractivity contribution in [1.29, 1.82) is 0 Å². The van der Waals surface area contributed by atoms with Gasteiger partial charge in [-0.15, -0.1) is 11.3 Å². The van der Waals surface area contributed by atoms with Gasteiger partial charge >= 0.3 is 0 Å². The first kappa shape index (κ1) is 16.3. The van der Waals surface area contributed by atoms with Crippen molar-refractivity contribution in [2.24, 2.45) is 13.0 Å². The van der Waals surface area contributed by atoms with E-state index >= 15 is 0 Å². The fourth-order valence-electron chi connectivity index (χ4n) is 4.09. The molecule has 2 amide bonds. The van der Waals surface area contributed by atoms with Crippen molar-refractivity contribution in [1.82, 2.24) is 20.0 Å². The zero-order chi connectivity index (χ0) is 17.6. The van der Waals surface area contributed by atoms with E-state index in [0.717, 1.165) is 29.7 Å². The first-order valence-corrected chi connectivity index (χ1v) is 9.54. The van der Waals surface area contributed by atoms with Crippen LogP contribution in [0.2, 0.25) is 0 Å². The number of thiophene rings is 1. The Morgan fingerprint density at radius 1 is 1.40 bits per heavy atom.